The molecule has 1 aromatic heterocycles. The summed E-state index contributed by atoms with van der Waals surface area (Å²) in [5, 5.41) is 2.96. The van der Waals surface area contributed by atoms with Crippen LogP contribution in [0.5, 0.6) is 0 Å². The molecule has 19 heavy (non-hydrogen) atoms. The molecule has 108 valence electrons. The van der Waals surface area contributed by atoms with Gasteiger partial charge in [-0.1, -0.05) is 13.8 Å². The first kappa shape index (κ1) is 16.1. The van der Waals surface area contributed by atoms with Gasteiger partial charge in [-0.25, -0.2) is 8.42 Å². The molecule has 0 bridgehead atoms. The van der Waals surface area contributed by atoms with Crippen molar-refractivity contribution < 1.29 is 8.42 Å². The van der Waals surface area contributed by atoms with E-state index in [4.69, 9.17) is 0 Å². The van der Waals surface area contributed by atoms with E-state index in [1.54, 1.807) is 19.3 Å². The molecular weight excluding hydrogens is 260 g/mol. The molecule has 0 aliphatic heterocycles. The predicted molar refractivity (Wildman–Crippen MR) is 79.0 cm³/mol. The number of rotatable bonds is 7. The zero-order valence-corrected chi connectivity index (χ0v) is 12.9. The van der Waals surface area contributed by atoms with Crippen molar-refractivity contribution in [1.82, 2.24) is 10.3 Å². The van der Waals surface area contributed by atoms with Gasteiger partial charge in [-0.2, -0.15) is 0 Å². The number of pyridine rings is 1. The Morgan fingerprint density at radius 3 is 2.32 bits per heavy atom. The molecule has 1 heterocycles. The molecule has 3 atom stereocenters. The Labute approximate surface area is 116 Å². The maximum atomic E-state index is 11.8. The van der Waals surface area contributed by atoms with Crippen LogP contribution in [0.2, 0.25) is 0 Å². The topological polar surface area (TPSA) is 59.1 Å². The van der Waals surface area contributed by atoms with E-state index >= 15 is 0 Å². The molecule has 5 heteroatoms. The highest BCUT2D eigenvalue weighted by Gasteiger charge is 2.30. The normalized spacial score (nSPS) is 16.8. The largest absolute Gasteiger partial charge is 0.312 e. The lowest BCUT2D eigenvalue weighted by Gasteiger charge is -2.30. The third-order valence-electron chi connectivity index (χ3n) is 3.58. The molecule has 1 N–H and O–H groups in total. The number of aromatic nitrogens is 1. The fraction of sp³-hybridized carbons (Fsp3) is 0.643. The van der Waals surface area contributed by atoms with E-state index in [1.165, 1.54) is 6.26 Å². The van der Waals surface area contributed by atoms with Gasteiger partial charge in [0.25, 0.3) is 0 Å². The predicted octanol–water partition coefficient (Wildman–Crippen LogP) is 1.99. The minimum Gasteiger partial charge on any atom is -0.312 e. The molecule has 0 spiro atoms. The monoisotopic (exact) mass is 284 g/mol. The summed E-state index contributed by atoms with van der Waals surface area (Å²) in [6.45, 7) is 6.73. The van der Waals surface area contributed by atoms with Gasteiger partial charge in [-0.3, -0.25) is 4.98 Å². The summed E-state index contributed by atoms with van der Waals surface area (Å²) in [5.41, 5.74) is 1.11. The van der Waals surface area contributed by atoms with Crippen molar-refractivity contribution in [2.24, 2.45) is 0 Å². The lowest BCUT2D eigenvalue weighted by atomic mass is 9.92. The second kappa shape index (κ2) is 7.01. The summed E-state index contributed by atoms with van der Waals surface area (Å²) >= 11 is 0. The smallest absolute Gasteiger partial charge is 0.151 e. The van der Waals surface area contributed by atoms with Crippen LogP contribution in [0.15, 0.2) is 24.5 Å². The van der Waals surface area contributed by atoms with Crippen LogP contribution in [0, 0.1) is 0 Å². The Morgan fingerprint density at radius 2 is 1.84 bits per heavy atom. The third kappa shape index (κ3) is 4.58. The zero-order chi connectivity index (χ0) is 14.5. The van der Waals surface area contributed by atoms with Gasteiger partial charge in [0.05, 0.1) is 5.25 Å². The molecule has 0 amide bonds. The minimum absolute atomic E-state index is 0.0858. The van der Waals surface area contributed by atoms with E-state index in [1.807, 2.05) is 12.1 Å². The van der Waals surface area contributed by atoms with E-state index in [0.717, 1.165) is 18.5 Å². The van der Waals surface area contributed by atoms with Gasteiger partial charge in [0.1, 0.15) is 0 Å². The molecule has 1 aromatic rings. The van der Waals surface area contributed by atoms with Gasteiger partial charge in [0, 0.05) is 24.7 Å². The van der Waals surface area contributed by atoms with Crippen molar-refractivity contribution in [1.29, 1.82) is 0 Å². The van der Waals surface area contributed by atoms with Crippen LogP contribution in [-0.4, -0.2) is 37.5 Å². The first-order valence-corrected chi connectivity index (χ1v) is 8.65. The Bertz CT molecular complexity index is 473. The Kier molecular flexibility index (Phi) is 5.94. The molecule has 4 nitrogen and oxygen atoms in total. The van der Waals surface area contributed by atoms with Crippen LogP contribution in [-0.2, 0) is 9.84 Å². The zero-order valence-electron chi connectivity index (χ0n) is 12.1. The maximum absolute atomic E-state index is 11.8. The van der Waals surface area contributed by atoms with Crippen LogP contribution in [0.1, 0.15) is 38.7 Å². The number of hydrogen-bond donors (Lipinski definition) is 1. The standard InChI is InChI=1S/C14H24N2O2S/c1-5-8-16-14(12(3)19(4,17)18)11(2)13-6-9-15-10-7-13/h6-7,9-12,14,16H,5,8H2,1-4H3. The number of sulfone groups is 1. The van der Waals surface area contributed by atoms with E-state index in [2.05, 4.69) is 24.1 Å². The molecule has 3 unspecified atom stereocenters. The van der Waals surface area contributed by atoms with E-state index in [0.29, 0.717) is 0 Å². The number of nitrogens with zero attached hydrogens (tertiary/aromatic N) is 1. The van der Waals surface area contributed by atoms with Crippen LogP contribution in [0.3, 0.4) is 0 Å². The number of hydrogen-bond acceptors (Lipinski definition) is 4. The molecule has 0 aromatic carbocycles. The molecule has 0 fully saturated rings. The van der Waals surface area contributed by atoms with Crippen LogP contribution in [0.25, 0.3) is 0 Å². The maximum Gasteiger partial charge on any atom is 0.151 e. The molecule has 0 saturated carbocycles. The quantitative estimate of drug-likeness (QED) is 0.832. The highest BCUT2D eigenvalue weighted by atomic mass is 32.2. The van der Waals surface area contributed by atoms with Crippen molar-refractivity contribution in [3.8, 4) is 0 Å². The van der Waals surface area contributed by atoms with Crippen LogP contribution in [0.4, 0.5) is 0 Å². The molecule has 0 aliphatic carbocycles. The lowest BCUT2D eigenvalue weighted by molar-refractivity contribution is 0.432. The minimum atomic E-state index is -3.06. The van der Waals surface area contributed by atoms with Gasteiger partial charge in [-0.15, -0.1) is 0 Å². The van der Waals surface area contributed by atoms with Crippen molar-refractivity contribution in [2.45, 2.75) is 44.4 Å². The third-order valence-corrected chi connectivity index (χ3v) is 5.23. The lowest BCUT2D eigenvalue weighted by Crippen LogP contribution is -2.46. The molecular formula is C14H24N2O2S. The van der Waals surface area contributed by atoms with Gasteiger partial charge >= 0.3 is 0 Å². The Balaban J connectivity index is 2.97. The Hall–Kier alpha value is -0.940. The van der Waals surface area contributed by atoms with E-state index in [-0.39, 0.29) is 12.0 Å². The van der Waals surface area contributed by atoms with E-state index in [9.17, 15) is 8.42 Å². The van der Waals surface area contributed by atoms with Crippen LogP contribution < -0.4 is 5.32 Å². The number of nitrogens with one attached hydrogen (secondary N) is 1. The van der Waals surface area contributed by atoms with Gasteiger partial charge in [0.2, 0.25) is 0 Å². The summed E-state index contributed by atoms with van der Waals surface area (Å²) in [6, 6.07) is 3.80. The average Bonchev–Trinajstić information content (AvgIpc) is 2.38. The fourth-order valence-electron chi connectivity index (χ4n) is 2.20. The van der Waals surface area contributed by atoms with Crippen LogP contribution >= 0.6 is 0 Å². The van der Waals surface area contributed by atoms with Crippen molar-refractivity contribution in [3.63, 3.8) is 0 Å². The van der Waals surface area contributed by atoms with Crippen molar-refractivity contribution in [2.75, 3.05) is 12.8 Å². The molecule has 0 saturated heterocycles. The highest BCUT2D eigenvalue weighted by Crippen LogP contribution is 2.23. The second-order valence-electron chi connectivity index (χ2n) is 5.08. The second-order valence-corrected chi connectivity index (χ2v) is 7.49. The molecule has 0 radical (unpaired) electrons. The molecule has 1 rings (SSSR count). The van der Waals surface area contributed by atoms with Gasteiger partial charge in [0.15, 0.2) is 9.84 Å². The van der Waals surface area contributed by atoms with Gasteiger partial charge in [-0.05, 0) is 43.5 Å². The highest BCUT2D eigenvalue weighted by molar-refractivity contribution is 7.91. The summed E-state index contributed by atoms with van der Waals surface area (Å²) in [7, 11) is -3.06. The summed E-state index contributed by atoms with van der Waals surface area (Å²) in [5.74, 6) is 0.124. The Morgan fingerprint density at radius 1 is 1.26 bits per heavy atom. The summed E-state index contributed by atoms with van der Waals surface area (Å²) < 4.78 is 23.6. The SMILES string of the molecule is CCCNC(C(C)c1ccncc1)C(C)S(C)(=O)=O. The first-order valence-electron chi connectivity index (χ1n) is 6.70. The first-order chi connectivity index (χ1) is 8.88. The van der Waals surface area contributed by atoms with Crippen molar-refractivity contribution >= 4 is 9.84 Å². The summed E-state index contributed by atoms with van der Waals surface area (Å²) in [6.07, 6.45) is 5.77. The summed E-state index contributed by atoms with van der Waals surface area (Å²) in [4.78, 5) is 4.00. The van der Waals surface area contributed by atoms with E-state index < -0.39 is 15.1 Å². The average molecular weight is 284 g/mol. The fourth-order valence-corrected chi connectivity index (χ4v) is 3.07. The van der Waals surface area contributed by atoms with Gasteiger partial charge < -0.3 is 5.32 Å². The van der Waals surface area contributed by atoms with Crippen molar-refractivity contribution in [3.05, 3.63) is 30.1 Å². The molecule has 0 aliphatic rings.